The van der Waals surface area contributed by atoms with Crippen molar-refractivity contribution in [1.82, 2.24) is 0 Å². The van der Waals surface area contributed by atoms with Gasteiger partial charge in [-0.05, 0) is 29.8 Å². The molecule has 0 bridgehead atoms. The van der Waals surface area contributed by atoms with Crippen molar-refractivity contribution in [3.8, 4) is 0 Å². The third-order valence-corrected chi connectivity index (χ3v) is 4.23. The molecule has 0 aromatic heterocycles. The minimum atomic E-state index is -1.36. The minimum absolute atomic E-state index is 0.0109. The lowest BCUT2D eigenvalue weighted by Gasteiger charge is -2.16. The molecular weight excluding hydrogens is 354 g/mol. The van der Waals surface area contributed by atoms with Gasteiger partial charge in [0.1, 0.15) is 0 Å². The Morgan fingerprint density at radius 1 is 1.15 bits per heavy atom. The lowest BCUT2D eigenvalue weighted by atomic mass is 10.1. The van der Waals surface area contributed by atoms with Crippen LogP contribution in [0.5, 0.6) is 0 Å². The summed E-state index contributed by atoms with van der Waals surface area (Å²) in [5.74, 6) is -2.67. The van der Waals surface area contributed by atoms with Crippen LogP contribution in [-0.4, -0.2) is 29.3 Å². The first kappa shape index (κ1) is 18.1. The standard InChI is InChI=1S/C18H15N3O6/c22-16-9-12(10-20(16)14-4-6-15(7-5-14)21(26)27)17(23)19-13-3-1-2-11(8-13)18(24)25/h1-8,12H,9-10H2,(H,19,23)(H,24,25)/p-1/t12-/m1/s1. The van der Waals surface area contributed by atoms with Crippen molar-refractivity contribution in [2.24, 2.45) is 5.92 Å². The quantitative estimate of drug-likeness (QED) is 0.617. The van der Waals surface area contributed by atoms with Crippen LogP contribution >= 0.6 is 0 Å². The topological polar surface area (TPSA) is 133 Å². The average Bonchev–Trinajstić information content (AvgIpc) is 3.04. The zero-order chi connectivity index (χ0) is 19.6. The number of carbonyl (C=O) groups is 3. The van der Waals surface area contributed by atoms with Crippen LogP contribution in [0.15, 0.2) is 48.5 Å². The fraction of sp³-hybridized carbons (Fsp3) is 0.167. The van der Waals surface area contributed by atoms with E-state index in [1.165, 1.54) is 53.4 Å². The largest absolute Gasteiger partial charge is 0.545 e. The normalized spacial score (nSPS) is 16.2. The van der Waals surface area contributed by atoms with Crippen molar-refractivity contribution in [3.63, 3.8) is 0 Å². The SMILES string of the molecule is O=C([O-])c1cccc(NC(=O)[C@@H]2CC(=O)N(c3ccc([N+](=O)[O-])cc3)C2)c1. The van der Waals surface area contributed by atoms with E-state index in [0.29, 0.717) is 11.4 Å². The molecule has 0 spiro atoms. The van der Waals surface area contributed by atoms with Gasteiger partial charge in [0.2, 0.25) is 11.8 Å². The van der Waals surface area contributed by atoms with Gasteiger partial charge in [-0.15, -0.1) is 0 Å². The molecule has 27 heavy (non-hydrogen) atoms. The van der Waals surface area contributed by atoms with Crippen LogP contribution in [-0.2, 0) is 9.59 Å². The Bertz CT molecular complexity index is 925. The van der Waals surface area contributed by atoms with Gasteiger partial charge in [-0.1, -0.05) is 12.1 Å². The molecule has 1 atom stereocenters. The third kappa shape index (κ3) is 3.92. The molecule has 1 saturated heterocycles. The van der Waals surface area contributed by atoms with Crippen LogP contribution < -0.4 is 15.3 Å². The maximum Gasteiger partial charge on any atom is 0.269 e. The highest BCUT2D eigenvalue weighted by atomic mass is 16.6. The molecule has 0 saturated carbocycles. The molecule has 0 radical (unpaired) electrons. The van der Waals surface area contributed by atoms with E-state index in [-0.39, 0.29) is 30.1 Å². The summed E-state index contributed by atoms with van der Waals surface area (Å²) in [6.07, 6.45) is -0.0109. The predicted octanol–water partition coefficient (Wildman–Crippen LogP) is 0.950. The highest BCUT2D eigenvalue weighted by Crippen LogP contribution is 2.27. The van der Waals surface area contributed by atoms with Crippen LogP contribution in [0.1, 0.15) is 16.8 Å². The highest BCUT2D eigenvalue weighted by molar-refractivity contribution is 6.03. The number of anilines is 2. The van der Waals surface area contributed by atoms with E-state index in [9.17, 15) is 29.6 Å². The van der Waals surface area contributed by atoms with E-state index in [1.807, 2.05) is 0 Å². The Morgan fingerprint density at radius 2 is 1.85 bits per heavy atom. The fourth-order valence-electron chi connectivity index (χ4n) is 2.86. The van der Waals surface area contributed by atoms with Gasteiger partial charge in [-0.3, -0.25) is 19.7 Å². The summed E-state index contributed by atoms with van der Waals surface area (Å²) in [6.45, 7) is 0.128. The molecule has 1 fully saturated rings. The van der Waals surface area contributed by atoms with Gasteiger partial charge >= 0.3 is 0 Å². The number of aromatic carboxylic acids is 1. The lowest BCUT2D eigenvalue weighted by molar-refractivity contribution is -0.384. The fourth-order valence-corrected chi connectivity index (χ4v) is 2.86. The summed E-state index contributed by atoms with van der Waals surface area (Å²) in [6, 6.07) is 11.1. The van der Waals surface area contributed by atoms with Gasteiger partial charge in [-0.2, -0.15) is 0 Å². The molecule has 0 aliphatic carbocycles. The Balaban J connectivity index is 1.69. The number of nitro benzene ring substituents is 1. The number of carboxylic acids is 1. The number of rotatable bonds is 5. The van der Waals surface area contributed by atoms with E-state index in [1.54, 1.807) is 0 Å². The van der Waals surface area contributed by atoms with Crippen molar-refractivity contribution in [3.05, 3.63) is 64.2 Å². The van der Waals surface area contributed by atoms with Crippen molar-refractivity contribution < 1.29 is 24.4 Å². The Labute approximate surface area is 153 Å². The van der Waals surface area contributed by atoms with Crippen LogP contribution in [0.4, 0.5) is 17.1 Å². The smallest absolute Gasteiger partial charge is 0.269 e. The van der Waals surface area contributed by atoms with E-state index in [4.69, 9.17) is 0 Å². The van der Waals surface area contributed by atoms with E-state index in [2.05, 4.69) is 5.32 Å². The van der Waals surface area contributed by atoms with Crippen molar-refractivity contribution in [1.29, 1.82) is 0 Å². The number of hydrogen-bond acceptors (Lipinski definition) is 6. The zero-order valence-electron chi connectivity index (χ0n) is 14.0. The van der Waals surface area contributed by atoms with E-state index in [0.717, 1.165) is 0 Å². The van der Waals surface area contributed by atoms with Crippen molar-refractivity contribution in [2.45, 2.75) is 6.42 Å². The highest BCUT2D eigenvalue weighted by Gasteiger charge is 2.35. The molecule has 2 aromatic carbocycles. The molecule has 138 valence electrons. The van der Waals surface area contributed by atoms with Gasteiger partial charge in [0.25, 0.3) is 5.69 Å². The van der Waals surface area contributed by atoms with Gasteiger partial charge in [-0.25, -0.2) is 0 Å². The minimum Gasteiger partial charge on any atom is -0.545 e. The number of hydrogen-bond donors (Lipinski definition) is 1. The molecule has 3 rings (SSSR count). The Kier molecular flexibility index (Phi) is 4.84. The van der Waals surface area contributed by atoms with E-state index < -0.39 is 22.7 Å². The van der Waals surface area contributed by atoms with Gasteiger partial charge in [0.15, 0.2) is 0 Å². The molecule has 9 heteroatoms. The maximum atomic E-state index is 12.4. The van der Waals surface area contributed by atoms with E-state index >= 15 is 0 Å². The first-order chi connectivity index (χ1) is 12.8. The predicted molar refractivity (Wildman–Crippen MR) is 93.0 cm³/mol. The average molecular weight is 368 g/mol. The molecule has 1 aliphatic heterocycles. The van der Waals surface area contributed by atoms with Crippen molar-refractivity contribution >= 4 is 34.8 Å². The molecule has 1 aliphatic rings. The molecule has 0 unspecified atom stereocenters. The Hall–Kier alpha value is -3.75. The summed E-state index contributed by atoms with van der Waals surface area (Å²) < 4.78 is 0. The zero-order valence-corrected chi connectivity index (χ0v) is 14.0. The number of non-ortho nitro benzene ring substituents is 1. The number of benzene rings is 2. The number of carboxylic acid groups (broad SMARTS) is 1. The molecule has 2 amide bonds. The molecular formula is C18H14N3O6-. The van der Waals surface area contributed by atoms with Crippen LogP contribution in [0.2, 0.25) is 0 Å². The van der Waals surface area contributed by atoms with Crippen LogP contribution in [0.3, 0.4) is 0 Å². The molecule has 9 nitrogen and oxygen atoms in total. The second kappa shape index (κ2) is 7.24. The summed E-state index contributed by atoms with van der Waals surface area (Å²) in [4.78, 5) is 47.1. The van der Waals surface area contributed by atoms with Crippen LogP contribution in [0.25, 0.3) is 0 Å². The summed E-state index contributed by atoms with van der Waals surface area (Å²) in [5.41, 5.74) is 0.609. The number of nitro groups is 1. The third-order valence-electron chi connectivity index (χ3n) is 4.23. The molecule has 1 N–H and O–H groups in total. The number of amides is 2. The molecule has 2 aromatic rings. The maximum absolute atomic E-state index is 12.4. The second-order valence-electron chi connectivity index (χ2n) is 6.04. The summed E-state index contributed by atoms with van der Waals surface area (Å²) >= 11 is 0. The first-order valence-electron chi connectivity index (χ1n) is 8.02. The van der Waals surface area contributed by atoms with Gasteiger partial charge < -0.3 is 20.1 Å². The lowest BCUT2D eigenvalue weighted by Crippen LogP contribution is -2.28. The Morgan fingerprint density at radius 3 is 2.48 bits per heavy atom. The van der Waals surface area contributed by atoms with Gasteiger partial charge in [0.05, 0.1) is 16.8 Å². The summed E-state index contributed by atoms with van der Waals surface area (Å²) in [5, 5.41) is 24.2. The van der Waals surface area contributed by atoms with Crippen molar-refractivity contribution in [2.75, 3.05) is 16.8 Å². The summed E-state index contributed by atoms with van der Waals surface area (Å²) in [7, 11) is 0. The number of nitrogens with zero attached hydrogens (tertiary/aromatic N) is 2. The number of carbonyl (C=O) groups excluding carboxylic acids is 3. The monoisotopic (exact) mass is 368 g/mol. The van der Waals surface area contributed by atoms with Crippen LogP contribution in [0, 0.1) is 16.0 Å². The molecule has 1 heterocycles. The number of nitrogens with one attached hydrogen (secondary N) is 1. The van der Waals surface area contributed by atoms with Gasteiger partial charge in [0, 0.05) is 36.5 Å². The first-order valence-corrected chi connectivity index (χ1v) is 8.02. The second-order valence-corrected chi connectivity index (χ2v) is 6.04.